The number of hydrogen-bond donors (Lipinski definition) is 2. The highest BCUT2D eigenvalue weighted by Crippen LogP contribution is 2.29. The maximum Gasteiger partial charge on any atom is 0.221 e. The van der Waals surface area contributed by atoms with E-state index in [1.807, 2.05) is 12.1 Å². The summed E-state index contributed by atoms with van der Waals surface area (Å²) in [5.41, 5.74) is 6.92. The molecule has 0 aliphatic rings. The molecule has 0 atom stereocenters. The molecule has 0 bridgehead atoms. The Balaban J connectivity index is 2.23. The fraction of sp³-hybridized carbons (Fsp3) is 0.0714. The van der Waals surface area contributed by atoms with Crippen molar-refractivity contribution in [2.45, 2.75) is 6.92 Å². The first kappa shape index (κ1) is 12.0. The van der Waals surface area contributed by atoms with Crippen molar-refractivity contribution in [3.63, 3.8) is 0 Å². The molecule has 0 heterocycles. The monoisotopic (exact) mass is 242 g/mol. The summed E-state index contributed by atoms with van der Waals surface area (Å²) in [5.74, 6) is 1.13. The minimum atomic E-state index is -0.136. The minimum Gasteiger partial charge on any atom is -0.455 e. The molecule has 2 aromatic rings. The van der Waals surface area contributed by atoms with Crippen LogP contribution in [0.1, 0.15) is 6.92 Å². The van der Waals surface area contributed by atoms with Gasteiger partial charge in [0.2, 0.25) is 5.91 Å². The van der Waals surface area contributed by atoms with Gasteiger partial charge in [-0.2, -0.15) is 0 Å². The molecule has 0 radical (unpaired) electrons. The Labute approximate surface area is 105 Å². The highest BCUT2D eigenvalue weighted by molar-refractivity contribution is 5.90. The number of amides is 1. The first-order valence-electron chi connectivity index (χ1n) is 5.55. The number of hydrogen-bond acceptors (Lipinski definition) is 3. The smallest absolute Gasteiger partial charge is 0.221 e. The van der Waals surface area contributed by atoms with Crippen LogP contribution in [0.2, 0.25) is 0 Å². The molecule has 18 heavy (non-hydrogen) atoms. The highest BCUT2D eigenvalue weighted by Gasteiger charge is 2.05. The third-order valence-corrected chi connectivity index (χ3v) is 2.31. The van der Waals surface area contributed by atoms with Crippen LogP contribution in [0, 0.1) is 0 Å². The van der Waals surface area contributed by atoms with Gasteiger partial charge in [-0.05, 0) is 36.4 Å². The summed E-state index contributed by atoms with van der Waals surface area (Å²) in [5, 5.41) is 2.72. The first-order valence-corrected chi connectivity index (χ1v) is 5.55. The molecule has 4 heteroatoms. The van der Waals surface area contributed by atoms with Crippen LogP contribution in [-0.2, 0) is 4.79 Å². The normalized spacial score (nSPS) is 9.83. The third kappa shape index (κ3) is 3.01. The summed E-state index contributed by atoms with van der Waals surface area (Å²) in [6.07, 6.45) is 0. The number of carbonyl (C=O) groups is 1. The molecule has 4 nitrogen and oxygen atoms in total. The molecule has 0 aliphatic carbocycles. The van der Waals surface area contributed by atoms with Crippen LogP contribution in [-0.4, -0.2) is 5.91 Å². The second kappa shape index (κ2) is 5.23. The van der Waals surface area contributed by atoms with Crippen molar-refractivity contribution in [3.05, 3.63) is 48.5 Å². The number of rotatable bonds is 3. The fourth-order valence-corrected chi connectivity index (χ4v) is 1.51. The Morgan fingerprint density at radius 1 is 1.11 bits per heavy atom. The first-order chi connectivity index (χ1) is 8.65. The van der Waals surface area contributed by atoms with Gasteiger partial charge in [0.25, 0.3) is 0 Å². The lowest BCUT2D eigenvalue weighted by molar-refractivity contribution is -0.114. The molecule has 0 saturated carbocycles. The van der Waals surface area contributed by atoms with Crippen LogP contribution >= 0.6 is 0 Å². The number of nitrogens with one attached hydrogen (secondary N) is 1. The summed E-state index contributed by atoms with van der Waals surface area (Å²) >= 11 is 0. The van der Waals surface area contributed by atoms with Crippen molar-refractivity contribution in [1.29, 1.82) is 0 Å². The van der Waals surface area contributed by atoms with Crippen LogP contribution in [0.4, 0.5) is 11.4 Å². The number of anilines is 2. The lowest BCUT2D eigenvalue weighted by Gasteiger charge is -2.11. The van der Waals surface area contributed by atoms with Gasteiger partial charge in [-0.25, -0.2) is 0 Å². The number of benzene rings is 2. The lowest BCUT2D eigenvalue weighted by Crippen LogP contribution is -2.06. The molecule has 0 unspecified atom stereocenters. The molecule has 0 saturated heterocycles. The predicted octanol–water partition coefficient (Wildman–Crippen LogP) is 3.02. The molecule has 0 aliphatic heterocycles. The van der Waals surface area contributed by atoms with Crippen molar-refractivity contribution in [1.82, 2.24) is 0 Å². The molecule has 0 fully saturated rings. The molecule has 2 aromatic carbocycles. The van der Waals surface area contributed by atoms with Crippen LogP contribution in [0.15, 0.2) is 48.5 Å². The highest BCUT2D eigenvalue weighted by atomic mass is 16.5. The number of nitrogen functional groups attached to an aromatic ring is 1. The predicted molar refractivity (Wildman–Crippen MR) is 71.7 cm³/mol. The number of ether oxygens (including phenoxy) is 1. The Morgan fingerprint density at radius 3 is 2.44 bits per heavy atom. The quantitative estimate of drug-likeness (QED) is 0.813. The van der Waals surface area contributed by atoms with Crippen molar-refractivity contribution in [3.8, 4) is 11.5 Å². The van der Waals surface area contributed by atoms with Crippen molar-refractivity contribution in [2.24, 2.45) is 0 Å². The zero-order valence-electron chi connectivity index (χ0n) is 10.0. The van der Waals surface area contributed by atoms with E-state index in [4.69, 9.17) is 10.5 Å². The zero-order chi connectivity index (χ0) is 13.0. The summed E-state index contributed by atoms with van der Waals surface area (Å²) in [7, 11) is 0. The van der Waals surface area contributed by atoms with E-state index in [1.54, 1.807) is 36.4 Å². The molecule has 1 amide bonds. The van der Waals surface area contributed by atoms with Gasteiger partial charge < -0.3 is 15.8 Å². The van der Waals surface area contributed by atoms with E-state index in [1.165, 1.54) is 6.92 Å². The summed E-state index contributed by atoms with van der Waals surface area (Å²) < 4.78 is 5.70. The van der Waals surface area contributed by atoms with Gasteiger partial charge >= 0.3 is 0 Å². The standard InChI is InChI=1S/C14H14N2O2/c1-10(17)16-13-4-2-3-5-14(13)18-12-8-6-11(15)7-9-12/h2-9H,15H2,1H3,(H,16,17). The number of nitrogens with two attached hydrogens (primary N) is 1. The molecule has 0 spiro atoms. The van der Waals surface area contributed by atoms with E-state index < -0.39 is 0 Å². The van der Waals surface area contributed by atoms with Gasteiger partial charge in [0.15, 0.2) is 5.75 Å². The van der Waals surface area contributed by atoms with Crippen LogP contribution < -0.4 is 15.8 Å². The summed E-state index contributed by atoms with van der Waals surface area (Å²) in [6, 6.07) is 14.3. The minimum absolute atomic E-state index is 0.136. The summed E-state index contributed by atoms with van der Waals surface area (Å²) in [6.45, 7) is 1.46. The van der Waals surface area contributed by atoms with E-state index in [0.29, 0.717) is 22.9 Å². The topological polar surface area (TPSA) is 64.3 Å². The van der Waals surface area contributed by atoms with Gasteiger partial charge in [0, 0.05) is 12.6 Å². The van der Waals surface area contributed by atoms with Crippen molar-refractivity contribution in [2.75, 3.05) is 11.1 Å². The van der Waals surface area contributed by atoms with E-state index in [-0.39, 0.29) is 5.91 Å². The van der Waals surface area contributed by atoms with E-state index in [0.717, 1.165) is 0 Å². The Kier molecular flexibility index (Phi) is 3.48. The average Bonchev–Trinajstić information content (AvgIpc) is 2.34. The molecule has 2 rings (SSSR count). The maximum atomic E-state index is 11.1. The zero-order valence-corrected chi connectivity index (χ0v) is 10.0. The number of para-hydroxylation sites is 2. The Hall–Kier alpha value is -2.49. The van der Waals surface area contributed by atoms with E-state index in [9.17, 15) is 4.79 Å². The second-order valence-corrected chi connectivity index (χ2v) is 3.85. The van der Waals surface area contributed by atoms with Crippen LogP contribution in [0.25, 0.3) is 0 Å². The van der Waals surface area contributed by atoms with Gasteiger partial charge in [0.05, 0.1) is 5.69 Å². The Morgan fingerprint density at radius 2 is 1.78 bits per heavy atom. The van der Waals surface area contributed by atoms with Gasteiger partial charge in [-0.15, -0.1) is 0 Å². The fourth-order valence-electron chi connectivity index (χ4n) is 1.51. The number of carbonyl (C=O) groups excluding carboxylic acids is 1. The molecule has 3 N–H and O–H groups in total. The van der Waals surface area contributed by atoms with Crippen LogP contribution in [0.5, 0.6) is 11.5 Å². The lowest BCUT2D eigenvalue weighted by atomic mass is 10.2. The molecular formula is C14H14N2O2. The molecule has 92 valence electrons. The van der Waals surface area contributed by atoms with Crippen molar-refractivity contribution >= 4 is 17.3 Å². The average molecular weight is 242 g/mol. The Bertz CT molecular complexity index is 550. The van der Waals surface area contributed by atoms with Gasteiger partial charge in [-0.3, -0.25) is 4.79 Å². The van der Waals surface area contributed by atoms with Gasteiger partial charge in [0.1, 0.15) is 5.75 Å². The van der Waals surface area contributed by atoms with Crippen LogP contribution in [0.3, 0.4) is 0 Å². The largest absolute Gasteiger partial charge is 0.455 e. The van der Waals surface area contributed by atoms with E-state index >= 15 is 0 Å². The molecule has 0 aromatic heterocycles. The SMILES string of the molecule is CC(=O)Nc1ccccc1Oc1ccc(N)cc1. The second-order valence-electron chi connectivity index (χ2n) is 3.85. The third-order valence-electron chi connectivity index (χ3n) is 2.31. The van der Waals surface area contributed by atoms with E-state index in [2.05, 4.69) is 5.32 Å². The van der Waals surface area contributed by atoms with Crippen molar-refractivity contribution < 1.29 is 9.53 Å². The van der Waals surface area contributed by atoms with Gasteiger partial charge in [-0.1, -0.05) is 12.1 Å². The summed E-state index contributed by atoms with van der Waals surface area (Å²) in [4.78, 5) is 11.1. The molecular weight excluding hydrogens is 228 g/mol. The maximum absolute atomic E-state index is 11.1.